The average Bonchev–Trinajstić information content (AvgIpc) is 2.79. The van der Waals surface area contributed by atoms with Crippen LogP contribution >= 0.6 is 0 Å². The van der Waals surface area contributed by atoms with Crippen LogP contribution in [-0.2, 0) is 11.2 Å². The van der Waals surface area contributed by atoms with Gasteiger partial charge in [-0.25, -0.2) is 4.39 Å². The van der Waals surface area contributed by atoms with E-state index < -0.39 is 0 Å². The molecule has 0 spiro atoms. The van der Waals surface area contributed by atoms with Crippen LogP contribution in [0.3, 0.4) is 0 Å². The molecule has 0 heterocycles. The summed E-state index contributed by atoms with van der Waals surface area (Å²) in [7, 11) is 3.11. The summed E-state index contributed by atoms with van der Waals surface area (Å²) in [6, 6.07) is 19.7. The molecule has 31 heavy (non-hydrogen) atoms. The Hall–Kier alpha value is -3.38. The molecule has 1 atom stereocenters. The molecule has 0 aromatic heterocycles. The second-order valence-electron chi connectivity index (χ2n) is 7.19. The van der Waals surface area contributed by atoms with Gasteiger partial charge in [0, 0.05) is 22.9 Å². The minimum atomic E-state index is -0.296. The van der Waals surface area contributed by atoms with Crippen LogP contribution in [0, 0.1) is 5.82 Å². The number of benzene rings is 3. The zero-order valence-electron chi connectivity index (χ0n) is 18.0. The van der Waals surface area contributed by atoms with Gasteiger partial charge in [-0.15, -0.1) is 0 Å². The Morgan fingerprint density at radius 2 is 1.71 bits per heavy atom. The van der Waals surface area contributed by atoms with E-state index in [4.69, 9.17) is 9.47 Å². The monoisotopic (exact) mass is 423 g/mol. The van der Waals surface area contributed by atoms with Crippen LogP contribution in [0.5, 0.6) is 11.5 Å². The van der Waals surface area contributed by atoms with Gasteiger partial charge >= 0.3 is 0 Å². The maximum Gasteiger partial charge on any atom is 0.279 e. The Morgan fingerprint density at radius 3 is 2.35 bits per heavy atom. The molecular weight excluding hydrogens is 395 g/mol. The number of nitrogens with one attached hydrogen (secondary N) is 1. The van der Waals surface area contributed by atoms with Crippen molar-refractivity contribution in [2.45, 2.75) is 19.4 Å². The quantitative estimate of drug-likeness (QED) is 0.552. The fourth-order valence-corrected chi connectivity index (χ4v) is 3.48. The number of carbonyl (C=O) groups excluding carboxylic acids is 1. The molecule has 0 saturated carbocycles. The summed E-state index contributed by atoms with van der Waals surface area (Å²) in [5, 5.41) is 4.78. The highest BCUT2D eigenvalue weighted by Crippen LogP contribution is 2.29. The molecule has 0 aliphatic heterocycles. The summed E-state index contributed by atoms with van der Waals surface area (Å²) in [5.41, 5.74) is 3.67. The molecule has 162 valence electrons. The molecule has 3 aromatic rings. The number of methoxy groups -OCH3 is 2. The molecule has 0 aliphatic carbocycles. The number of halogens is 1. The van der Waals surface area contributed by atoms with Gasteiger partial charge in [-0.3, -0.25) is 4.79 Å². The highest BCUT2D eigenvalue weighted by atomic mass is 19.1. The van der Waals surface area contributed by atoms with E-state index in [1.54, 1.807) is 38.5 Å². The third-order valence-corrected chi connectivity index (χ3v) is 5.16. The largest absolute Gasteiger partial charge is 0.493 e. The number of nitrogens with two attached hydrogens (primary N) is 1. The molecule has 5 nitrogen and oxygen atoms in total. The summed E-state index contributed by atoms with van der Waals surface area (Å²) in [4.78, 5) is 12.6. The van der Waals surface area contributed by atoms with Crippen LogP contribution in [0.2, 0.25) is 0 Å². The lowest BCUT2D eigenvalue weighted by molar-refractivity contribution is -0.676. The van der Waals surface area contributed by atoms with Crippen LogP contribution < -0.4 is 20.1 Å². The van der Waals surface area contributed by atoms with E-state index >= 15 is 0 Å². The maximum atomic E-state index is 13.9. The Balaban J connectivity index is 1.74. The Morgan fingerprint density at radius 1 is 0.968 bits per heavy atom. The first-order valence-corrected chi connectivity index (χ1v) is 10.2. The van der Waals surface area contributed by atoms with Gasteiger partial charge < -0.3 is 20.1 Å². The minimum absolute atomic E-state index is 0.168. The molecule has 0 saturated heterocycles. The molecule has 0 radical (unpaired) electrons. The highest BCUT2D eigenvalue weighted by molar-refractivity contribution is 5.91. The Kier molecular flexibility index (Phi) is 7.62. The third kappa shape index (κ3) is 5.83. The summed E-state index contributed by atoms with van der Waals surface area (Å²) in [5.74, 6) is 0.668. The number of carbonyl (C=O) groups is 1. The molecule has 6 heteroatoms. The highest BCUT2D eigenvalue weighted by Gasteiger charge is 2.20. The van der Waals surface area contributed by atoms with Crippen molar-refractivity contribution < 1.29 is 24.0 Å². The molecule has 0 aliphatic rings. The van der Waals surface area contributed by atoms with Gasteiger partial charge in [-0.1, -0.05) is 43.3 Å². The molecule has 3 N–H and O–H groups in total. The van der Waals surface area contributed by atoms with Gasteiger partial charge in [0.05, 0.1) is 14.2 Å². The first-order valence-electron chi connectivity index (χ1n) is 10.2. The lowest BCUT2D eigenvalue weighted by Crippen LogP contribution is -2.87. The molecule has 0 unspecified atom stereocenters. The van der Waals surface area contributed by atoms with E-state index in [9.17, 15) is 9.18 Å². The van der Waals surface area contributed by atoms with Crippen molar-refractivity contribution in [3.05, 3.63) is 89.2 Å². The topological polar surface area (TPSA) is 64.2 Å². The lowest BCUT2D eigenvalue weighted by Gasteiger charge is -2.17. The normalized spacial score (nSPS) is 11.6. The zero-order valence-corrected chi connectivity index (χ0v) is 18.0. The summed E-state index contributed by atoms with van der Waals surface area (Å²) >= 11 is 0. The van der Waals surface area contributed by atoms with E-state index in [0.29, 0.717) is 17.2 Å². The standard InChI is InChI=1S/C25H27FN2O3/c1-4-17-8-10-18(11-9-17)25(19-6-5-7-20(26)14-19)27-16-24(29)28-21-12-13-22(30-2)23(15-21)31-3/h5-15,25,27H,4,16H2,1-3H3,(H,28,29)/p+1/t25-/m1/s1. The number of hydrogen-bond acceptors (Lipinski definition) is 3. The summed E-state index contributed by atoms with van der Waals surface area (Å²) in [6.07, 6.45) is 0.947. The van der Waals surface area contributed by atoms with Gasteiger partial charge in [0.25, 0.3) is 5.91 Å². The number of anilines is 1. The molecular formula is C25H28FN2O3+. The van der Waals surface area contributed by atoms with Crippen molar-refractivity contribution in [3.63, 3.8) is 0 Å². The predicted octanol–water partition coefficient (Wildman–Crippen LogP) is 3.70. The molecule has 0 fully saturated rings. The van der Waals surface area contributed by atoms with Gasteiger partial charge in [-0.2, -0.15) is 0 Å². The number of hydrogen-bond donors (Lipinski definition) is 2. The molecule has 1 amide bonds. The average molecular weight is 424 g/mol. The predicted molar refractivity (Wildman–Crippen MR) is 119 cm³/mol. The minimum Gasteiger partial charge on any atom is -0.493 e. The summed E-state index contributed by atoms with van der Waals surface area (Å²) < 4.78 is 24.4. The van der Waals surface area contributed by atoms with E-state index in [2.05, 4.69) is 24.4 Å². The molecule has 0 bridgehead atoms. The first-order chi connectivity index (χ1) is 15.0. The number of rotatable bonds is 9. The molecule has 3 rings (SSSR count). The number of ether oxygens (including phenoxy) is 2. The SMILES string of the molecule is CCc1ccc([C@@H]([NH2+]CC(=O)Nc2ccc(OC)c(OC)c2)c2cccc(F)c2)cc1. The van der Waals surface area contributed by atoms with Crippen molar-refractivity contribution in [1.29, 1.82) is 0 Å². The van der Waals surface area contributed by atoms with Crippen molar-refractivity contribution in [3.8, 4) is 11.5 Å². The van der Waals surface area contributed by atoms with E-state index in [1.807, 2.05) is 23.5 Å². The smallest absolute Gasteiger partial charge is 0.279 e. The maximum absolute atomic E-state index is 13.9. The van der Waals surface area contributed by atoms with Crippen molar-refractivity contribution >= 4 is 11.6 Å². The van der Waals surface area contributed by atoms with Crippen molar-refractivity contribution in [1.82, 2.24) is 0 Å². The number of quaternary nitrogens is 1. The van der Waals surface area contributed by atoms with Gasteiger partial charge in [0.1, 0.15) is 11.9 Å². The Bertz CT molecular complexity index is 1020. The first kappa shape index (κ1) is 22.3. The molecule has 3 aromatic carbocycles. The second kappa shape index (κ2) is 10.6. The van der Waals surface area contributed by atoms with Gasteiger partial charge in [0.2, 0.25) is 0 Å². The van der Waals surface area contributed by atoms with Crippen LogP contribution in [0.1, 0.15) is 29.7 Å². The zero-order chi connectivity index (χ0) is 22.2. The van der Waals surface area contributed by atoms with E-state index in [0.717, 1.165) is 17.5 Å². The van der Waals surface area contributed by atoms with Crippen LogP contribution in [0.4, 0.5) is 10.1 Å². The van der Waals surface area contributed by atoms with E-state index in [-0.39, 0.29) is 24.3 Å². The fraction of sp³-hybridized carbons (Fsp3) is 0.240. The number of aryl methyl sites for hydroxylation is 1. The summed E-state index contributed by atoms with van der Waals surface area (Å²) in [6.45, 7) is 2.27. The van der Waals surface area contributed by atoms with Crippen LogP contribution in [-0.4, -0.2) is 26.7 Å². The van der Waals surface area contributed by atoms with Gasteiger partial charge in [-0.05, 0) is 36.2 Å². The lowest BCUT2D eigenvalue weighted by atomic mass is 9.97. The van der Waals surface area contributed by atoms with Crippen molar-refractivity contribution in [2.75, 3.05) is 26.1 Å². The third-order valence-electron chi connectivity index (χ3n) is 5.16. The van der Waals surface area contributed by atoms with E-state index in [1.165, 1.54) is 17.7 Å². The van der Waals surface area contributed by atoms with Crippen molar-refractivity contribution in [2.24, 2.45) is 0 Å². The Labute approximate surface area is 182 Å². The van der Waals surface area contributed by atoms with Crippen LogP contribution in [0.15, 0.2) is 66.7 Å². The second-order valence-corrected chi connectivity index (χ2v) is 7.19. The number of amides is 1. The van der Waals surface area contributed by atoms with Gasteiger partial charge in [0.15, 0.2) is 18.0 Å². The fourth-order valence-electron chi connectivity index (χ4n) is 3.48. The van der Waals surface area contributed by atoms with Crippen LogP contribution in [0.25, 0.3) is 0 Å².